The predicted molar refractivity (Wildman–Crippen MR) is 77.7 cm³/mol. The van der Waals surface area contributed by atoms with Crippen LogP contribution < -0.4 is 5.32 Å². The molecule has 0 saturated heterocycles. The maximum Gasteiger partial charge on any atom is 0.223 e. The first-order valence-electron chi connectivity index (χ1n) is 6.91. The first-order chi connectivity index (χ1) is 9.72. The number of rotatable bonds is 4. The van der Waals surface area contributed by atoms with Crippen LogP contribution in [0, 0.1) is 12.8 Å². The zero-order chi connectivity index (χ0) is 13.9. The number of carbonyl (C=O) groups excluding carboxylic acids is 1. The van der Waals surface area contributed by atoms with Crippen LogP contribution in [0.1, 0.15) is 29.3 Å². The van der Waals surface area contributed by atoms with E-state index in [9.17, 15) is 4.79 Å². The number of nitrogens with one attached hydrogen (secondary N) is 2. The molecule has 3 rings (SSSR count). The summed E-state index contributed by atoms with van der Waals surface area (Å²) >= 11 is 1.59. The largest absolute Gasteiger partial charge is 0.355 e. The fraction of sp³-hybridized carbons (Fsp3) is 0.500. The summed E-state index contributed by atoms with van der Waals surface area (Å²) in [6.45, 7) is 2.62. The average molecular weight is 290 g/mol. The topological polar surface area (TPSA) is 70.7 Å². The van der Waals surface area contributed by atoms with E-state index in [1.807, 2.05) is 17.8 Å². The summed E-state index contributed by atoms with van der Waals surface area (Å²) in [5.74, 6) is 1.16. The number of thiazole rings is 1. The van der Waals surface area contributed by atoms with E-state index in [1.54, 1.807) is 11.3 Å². The first-order valence-corrected chi connectivity index (χ1v) is 7.86. The Morgan fingerprint density at radius 2 is 2.50 bits per heavy atom. The van der Waals surface area contributed by atoms with E-state index < -0.39 is 0 Å². The van der Waals surface area contributed by atoms with Crippen LogP contribution in [0.3, 0.4) is 0 Å². The Morgan fingerprint density at radius 3 is 3.30 bits per heavy atom. The van der Waals surface area contributed by atoms with E-state index >= 15 is 0 Å². The molecular formula is C14H18N4OS. The molecule has 0 aliphatic heterocycles. The summed E-state index contributed by atoms with van der Waals surface area (Å²) in [4.78, 5) is 24.1. The number of hydrogen-bond donors (Lipinski definition) is 2. The molecule has 6 heteroatoms. The number of carbonyl (C=O) groups is 1. The Labute approximate surface area is 121 Å². The fourth-order valence-corrected chi connectivity index (χ4v) is 3.26. The van der Waals surface area contributed by atoms with Crippen LogP contribution in [0.5, 0.6) is 0 Å². The van der Waals surface area contributed by atoms with Gasteiger partial charge in [-0.1, -0.05) is 0 Å². The molecule has 0 radical (unpaired) electrons. The Balaban J connectivity index is 1.51. The predicted octanol–water partition coefficient (Wildman–Crippen LogP) is 1.64. The third-order valence-corrected chi connectivity index (χ3v) is 4.33. The fourth-order valence-electron chi connectivity index (χ4n) is 2.67. The van der Waals surface area contributed by atoms with Gasteiger partial charge in [0.05, 0.1) is 16.9 Å². The molecule has 106 valence electrons. The van der Waals surface area contributed by atoms with E-state index in [-0.39, 0.29) is 11.8 Å². The van der Waals surface area contributed by atoms with Gasteiger partial charge in [0.15, 0.2) is 0 Å². The van der Waals surface area contributed by atoms with Gasteiger partial charge in [-0.2, -0.15) is 0 Å². The van der Waals surface area contributed by atoms with Gasteiger partial charge in [0, 0.05) is 36.4 Å². The van der Waals surface area contributed by atoms with Gasteiger partial charge < -0.3 is 10.3 Å². The van der Waals surface area contributed by atoms with E-state index in [1.165, 1.54) is 0 Å². The van der Waals surface area contributed by atoms with Gasteiger partial charge >= 0.3 is 0 Å². The zero-order valence-corrected chi connectivity index (χ0v) is 12.3. The van der Waals surface area contributed by atoms with Crippen molar-refractivity contribution in [1.82, 2.24) is 20.3 Å². The second-order valence-electron chi connectivity index (χ2n) is 5.21. The zero-order valence-electron chi connectivity index (χ0n) is 11.5. The summed E-state index contributed by atoms with van der Waals surface area (Å²) in [5, 5.41) is 5.04. The number of hydrogen-bond acceptors (Lipinski definition) is 4. The van der Waals surface area contributed by atoms with Gasteiger partial charge in [-0.25, -0.2) is 9.97 Å². The molecule has 2 N–H and O–H groups in total. The maximum absolute atomic E-state index is 12.2. The molecule has 1 atom stereocenters. The second kappa shape index (κ2) is 5.75. The Bertz CT molecular complexity index is 590. The van der Waals surface area contributed by atoms with Crippen molar-refractivity contribution in [1.29, 1.82) is 0 Å². The van der Waals surface area contributed by atoms with Crippen molar-refractivity contribution < 1.29 is 4.79 Å². The van der Waals surface area contributed by atoms with Crippen LogP contribution in [-0.2, 0) is 24.1 Å². The quantitative estimate of drug-likeness (QED) is 0.899. The standard InChI is InChI=1S/C14H18N4OS/c1-9-17-12-3-2-10(6-13(12)18-9)14(19)15-5-4-11-7-20-8-16-11/h7-8,10H,2-6H2,1H3,(H,15,19)(H,17,18). The number of aromatic amines is 1. The average Bonchev–Trinajstić information content (AvgIpc) is 3.05. The minimum absolute atomic E-state index is 0.0674. The summed E-state index contributed by atoms with van der Waals surface area (Å²) in [6.07, 6.45) is 3.36. The van der Waals surface area contributed by atoms with Crippen LogP contribution in [0.4, 0.5) is 0 Å². The van der Waals surface area contributed by atoms with Gasteiger partial charge in [0.2, 0.25) is 5.91 Å². The lowest BCUT2D eigenvalue weighted by molar-refractivity contribution is -0.125. The highest BCUT2D eigenvalue weighted by molar-refractivity contribution is 7.07. The third kappa shape index (κ3) is 2.90. The monoisotopic (exact) mass is 290 g/mol. The summed E-state index contributed by atoms with van der Waals surface area (Å²) in [5.41, 5.74) is 5.13. The summed E-state index contributed by atoms with van der Waals surface area (Å²) in [7, 11) is 0. The summed E-state index contributed by atoms with van der Waals surface area (Å²) < 4.78 is 0. The summed E-state index contributed by atoms with van der Waals surface area (Å²) in [6, 6.07) is 0. The van der Waals surface area contributed by atoms with Crippen molar-refractivity contribution in [2.24, 2.45) is 5.92 Å². The van der Waals surface area contributed by atoms with Crippen molar-refractivity contribution in [3.8, 4) is 0 Å². The van der Waals surface area contributed by atoms with E-state index in [0.717, 1.165) is 48.6 Å². The molecule has 0 saturated carbocycles. The number of fused-ring (bicyclic) bond motifs is 1. The Morgan fingerprint density at radius 1 is 1.60 bits per heavy atom. The smallest absolute Gasteiger partial charge is 0.223 e. The molecular weight excluding hydrogens is 272 g/mol. The number of aromatic nitrogens is 3. The molecule has 1 aliphatic carbocycles. The van der Waals surface area contributed by atoms with Crippen LogP contribution >= 0.6 is 11.3 Å². The molecule has 2 aromatic heterocycles. The van der Waals surface area contributed by atoms with Crippen molar-refractivity contribution in [3.05, 3.63) is 33.8 Å². The maximum atomic E-state index is 12.2. The van der Waals surface area contributed by atoms with Gasteiger partial charge in [-0.15, -0.1) is 11.3 Å². The van der Waals surface area contributed by atoms with Crippen molar-refractivity contribution >= 4 is 17.2 Å². The molecule has 0 spiro atoms. The first kappa shape index (κ1) is 13.3. The normalized spacial score (nSPS) is 17.8. The van der Waals surface area contributed by atoms with Crippen LogP contribution in [0.2, 0.25) is 0 Å². The molecule has 0 aromatic carbocycles. The molecule has 1 aliphatic rings. The highest BCUT2D eigenvalue weighted by atomic mass is 32.1. The number of H-pyrrole nitrogens is 1. The number of amides is 1. The molecule has 0 fully saturated rings. The van der Waals surface area contributed by atoms with Gasteiger partial charge in [0.1, 0.15) is 5.82 Å². The van der Waals surface area contributed by atoms with Gasteiger partial charge in [-0.3, -0.25) is 4.79 Å². The minimum atomic E-state index is 0.0674. The molecule has 5 nitrogen and oxygen atoms in total. The highest BCUT2D eigenvalue weighted by Crippen LogP contribution is 2.23. The third-order valence-electron chi connectivity index (χ3n) is 3.70. The number of imidazole rings is 1. The van der Waals surface area contributed by atoms with Crippen LogP contribution in [0.25, 0.3) is 0 Å². The molecule has 20 heavy (non-hydrogen) atoms. The molecule has 0 bridgehead atoms. The lowest BCUT2D eigenvalue weighted by atomic mass is 9.89. The van der Waals surface area contributed by atoms with Crippen LogP contribution in [0.15, 0.2) is 10.9 Å². The lowest BCUT2D eigenvalue weighted by Crippen LogP contribution is -2.35. The number of aryl methyl sites for hydroxylation is 2. The van der Waals surface area contributed by atoms with Crippen molar-refractivity contribution in [2.75, 3.05) is 6.54 Å². The SMILES string of the molecule is Cc1nc2c([nH]1)CC(C(=O)NCCc1cscn1)CC2. The van der Waals surface area contributed by atoms with E-state index in [2.05, 4.69) is 20.3 Å². The molecule has 1 unspecified atom stereocenters. The Kier molecular flexibility index (Phi) is 3.82. The van der Waals surface area contributed by atoms with Gasteiger partial charge in [0.25, 0.3) is 0 Å². The van der Waals surface area contributed by atoms with E-state index in [0.29, 0.717) is 6.54 Å². The van der Waals surface area contributed by atoms with Crippen LogP contribution in [-0.4, -0.2) is 27.4 Å². The van der Waals surface area contributed by atoms with Gasteiger partial charge in [-0.05, 0) is 19.8 Å². The molecule has 2 heterocycles. The van der Waals surface area contributed by atoms with Crippen molar-refractivity contribution in [3.63, 3.8) is 0 Å². The minimum Gasteiger partial charge on any atom is -0.355 e. The second-order valence-corrected chi connectivity index (χ2v) is 5.93. The lowest BCUT2D eigenvalue weighted by Gasteiger charge is -2.20. The number of nitrogens with zero attached hydrogens (tertiary/aromatic N) is 2. The molecule has 1 amide bonds. The molecule has 2 aromatic rings. The Hall–Kier alpha value is -1.69. The van der Waals surface area contributed by atoms with E-state index in [4.69, 9.17) is 0 Å². The highest BCUT2D eigenvalue weighted by Gasteiger charge is 2.26. The van der Waals surface area contributed by atoms with Crippen molar-refractivity contribution in [2.45, 2.75) is 32.6 Å².